The number of nitrogens with zero attached hydrogens (tertiary/aromatic N) is 6. The number of aromatic nitrogens is 6. The van der Waals surface area contributed by atoms with Gasteiger partial charge >= 0.3 is 6.01 Å². The van der Waals surface area contributed by atoms with Crippen LogP contribution < -0.4 is 15.8 Å². The van der Waals surface area contributed by atoms with Gasteiger partial charge in [-0.25, -0.2) is 24.3 Å². The van der Waals surface area contributed by atoms with E-state index in [-0.39, 0.29) is 23.5 Å². The van der Waals surface area contributed by atoms with E-state index >= 15 is 4.39 Å². The van der Waals surface area contributed by atoms with Crippen molar-refractivity contribution >= 4 is 28.4 Å². The van der Waals surface area contributed by atoms with Crippen LogP contribution in [0.2, 0.25) is 0 Å². The number of nitrogen functional groups attached to an aromatic ring is 1. The Balaban J connectivity index is 1.66. The zero-order chi connectivity index (χ0) is 27.0. The van der Waals surface area contributed by atoms with Crippen LogP contribution in [0, 0.1) is 26.6 Å². The van der Waals surface area contributed by atoms with Crippen molar-refractivity contribution in [2.45, 2.75) is 20.8 Å². The molecule has 4 heterocycles. The number of carbonyl (C=O) groups excluding carboxylic acids is 1. The maximum Gasteiger partial charge on any atom is 0.322 e. The molecule has 10 nitrogen and oxygen atoms in total. The summed E-state index contributed by atoms with van der Waals surface area (Å²) in [6.45, 7) is 9.01. The summed E-state index contributed by atoms with van der Waals surface area (Å²) in [6, 6.07) is 8.07. The van der Waals surface area contributed by atoms with E-state index in [4.69, 9.17) is 10.5 Å². The number of aryl methyl sites for hydroxylation is 3. The molecule has 0 aliphatic heterocycles. The molecule has 5 rings (SSSR count). The predicted molar refractivity (Wildman–Crippen MR) is 142 cm³/mol. The number of amides is 1. The molecule has 11 heteroatoms. The average molecular weight is 511 g/mol. The first-order valence-corrected chi connectivity index (χ1v) is 11.6. The molecule has 190 valence electrons. The number of carbonyl (C=O) groups is 1. The summed E-state index contributed by atoms with van der Waals surface area (Å²) in [5.74, 6) is -0.775. The van der Waals surface area contributed by atoms with Crippen LogP contribution in [0.3, 0.4) is 0 Å². The van der Waals surface area contributed by atoms with Crippen molar-refractivity contribution in [3.8, 4) is 28.8 Å². The lowest BCUT2D eigenvalue weighted by atomic mass is 10.1. The second-order valence-electron chi connectivity index (χ2n) is 8.55. The zero-order valence-corrected chi connectivity index (χ0v) is 20.9. The van der Waals surface area contributed by atoms with Crippen LogP contribution in [0.5, 0.6) is 11.8 Å². The van der Waals surface area contributed by atoms with Gasteiger partial charge in [0.25, 0.3) is 0 Å². The van der Waals surface area contributed by atoms with E-state index in [0.717, 1.165) is 11.1 Å². The Hall–Kier alpha value is -5.19. The summed E-state index contributed by atoms with van der Waals surface area (Å²) in [5, 5.41) is 2.70. The predicted octanol–water partition coefficient (Wildman–Crippen LogP) is 4.84. The standard InChI is InChI=1S/C27H23FN8O2/c1-5-21(37)35-17-10-14(2)22(31-12-17)24-16(4)23-25(26(29)33-13-32-23)36(24)18-6-7-20(19(28)11-18)38-27-30-9-8-15(3)34-27/h5-13H,1H2,2-4H3,(H,35,37)(H2,29,32,33). The number of ether oxygens (including phenoxy) is 1. The Bertz CT molecular complexity index is 1730. The van der Waals surface area contributed by atoms with E-state index in [1.165, 1.54) is 30.7 Å². The van der Waals surface area contributed by atoms with Crippen molar-refractivity contribution in [2.75, 3.05) is 11.1 Å². The highest BCUT2D eigenvalue weighted by atomic mass is 19.1. The smallest absolute Gasteiger partial charge is 0.322 e. The van der Waals surface area contributed by atoms with Gasteiger partial charge in [0.1, 0.15) is 11.8 Å². The van der Waals surface area contributed by atoms with Gasteiger partial charge in [0.2, 0.25) is 5.91 Å². The largest absolute Gasteiger partial charge is 0.421 e. The van der Waals surface area contributed by atoms with Gasteiger partial charge in [-0.1, -0.05) is 6.58 Å². The molecule has 38 heavy (non-hydrogen) atoms. The molecular formula is C27H23FN8O2. The van der Waals surface area contributed by atoms with E-state index in [1.807, 2.05) is 13.8 Å². The molecule has 1 amide bonds. The molecule has 0 unspecified atom stereocenters. The number of pyridine rings is 1. The van der Waals surface area contributed by atoms with Crippen molar-refractivity contribution in [1.82, 2.24) is 29.5 Å². The number of nitrogens with two attached hydrogens (primary N) is 1. The Morgan fingerprint density at radius 3 is 2.66 bits per heavy atom. The number of rotatable bonds is 6. The third kappa shape index (κ3) is 4.41. The van der Waals surface area contributed by atoms with Crippen molar-refractivity contribution in [2.24, 2.45) is 0 Å². The van der Waals surface area contributed by atoms with Crippen LogP contribution >= 0.6 is 0 Å². The minimum absolute atomic E-state index is 0.0325. The minimum Gasteiger partial charge on any atom is -0.421 e. The summed E-state index contributed by atoms with van der Waals surface area (Å²) in [4.78, 5) is 33.1. The molecule has 0 aliphatic carbocycles. The average Bonchev–Trinajstić information content (AvgIpc) is 3.18. The molecule has 0 saturated carbocycles. The van der Waals surface area contributed by atoms with Crippen molar-refractivity contribution in [3.63, 3.8) is 0 Å². The van der Waals surface area contributed by atoms with E-state index in [1.54, 1.807) is 35.9 Å². The summed E-state index contributed by atoms with van der Waals surface area (Å²) in [6.07, 6.45) is 5.64. The maximum absolute atomic E-state index is 15.3. The van der Waals surface area contributed by atoms with Crippen LogP contribution in [-0.2, 0) is 4.79 Å². The lowest BCUT2D eigenvalue weighted by Crippen LogP contribution is -2.08. The van der Waals surface area contributed by atoms with E-state index in [2.05, 4.69) is 36.8 Å². The lowest BCUT2D eigenvalue weighted by Gasteiger charge is -2.15. The first-order valence-electron chi connectivity index (χ1n) is 11.6. The van der Waals surface area contributed by atoms with Crippen molar-refractivity contribution in [1.29, 1.82) is 0 Å². The summed E-state index contributed by atoms with van der Waals surface area (Å²) < 4.78 is 22.7. The summed E-state index contributed by atoms with van der Waals surface area (Å²) in [5.41, 5.74) is 11.9. The van der Waals surface area contributed by atoms with Crippen LogP contribution in [0.25, 0.3) is 28.1 Å². The molecule has 0 fully saturated rings. The van der Waals surface area contributed by atoms with Gasteiger partial charge in [-0.2, -0.15) is 0 Å². The van der Waals surface area contributed by atoms with Crippen LogP contribution in [0.15, 0.2) is 61.7 Å². The van der Waals surface area contributed by atoms with Gasteiger partial charge in [0.05, 0.1) is 28.8 Å². The SMILES string of the molecule is C=CC(=O)Nc1cnc(-c2c(C)c3ncnc(N)c3n2-c2ccc(Oc3nccc(C)n3)c(F)c2)c(C)c1. The molecule has 4 aromatic heterocycles. The highest BCUT2D eigenvalue weighted by Gasteiger charge is 2.24. The van der Waals surface area contributed by atoms with Gasteiger partial charge < -0.3 is 20.4 Å². The Kier molecular flexibility index (Phi) is 6.25. The van der Waals surface area contributed by atoms with Crippen LogP contribution in [0.4, 0.5) is 15.9 Å². The second kappa shape index (κ2) is 9.69. The van der Waals surface area contributed by atoms with Gasteiger partial charge in [0.15, 0.2) is 17.4 Å². The molecule has 3 N–H and O–H groups in total. The highest BCUT2D eigenvalue weighted by Crippen LogP contribution is 2.38. The maximum atomic E-state index is 15.3. The quantitative estimate of drug-likeness (QED) is 0.310. The van der Waals surface area contributed by atoms with Crippen LogP contribution in [0.1, 0.15) is 16.8 Å². The Morgan fingerprint density at radius 1 is 1.13 bits per heavy atom. The van der Waals surface area contributed by atoms with Crippen molar-refractivity contribution in [3.05, 3.63) is 84.3 Å². The van der Waals surface area contributed by atoms with E-state index in [9.17, 15) is 4.79 Å². The number of nitrogens with one attached hydrogen (secondary N) is 1. The first kappa shape index (κ1) is 24.5. The molecule has 0 spiro atoms. The van der Waals surface area contributed by atoms with Gasteiger partial charge in [0, 0.05) is 29.2 Å². The molecule has 0 saturated heterocycles. The molecule has 0 aliphatic rings. The molecule has 5 aromatic rings. The number of anilines is 2. The topological polar surface area (TPSA) is 134 Å². The Labute approximate surface area is 217 Å². The minimum atomic E-state index is -0.624. The van der Waals surface area contributed by atoms with Crippen molar-refractivity contribution < 1.29 is 13.9 Å². The van der Waals surface area contributed by atoms with Gasteiger partial charge in [-0.15, -0.1) is 0 Å². The lowest BCUT2D eigenvalue weighted by molar-refractivity contribution is -0.111. The molecule has 1 aromatic carbocycles. The third-order valence-electron chi connectivity index (χ3n) is 5.91. The molecular weight excluding hydrogens is 487 g/mol. The highest BCUT2D eigenvalue weighted by molar-refractivity contribution is 5.99. The Morgan fingerprint density at radius 2 is 1.95 bits per heavy atom. The fourth-order valence-corrected chi connectivity index (χ4v) is 4.19. The normalized spacial score (nSPS) is 10.9. The summed E-state index contributed by atoms with van der Waals surface area (Å²) >= 11 is 0. The number of hydrogen-bond acceptors (Lipinski definition) is 8. The van der Waals surface area contributed by atoms with Gasteiger partial charge in [-0.3, -0.25) is 9.78 Å². The van der Waals surface area contributed by atoms with E-state index in [0.29, 0.717) is 39.5 Å². The third-order valence-corrected chi connectivity index (χ3v) is 5.91. The zero-order valence-electron chi connectivity index (χ0n) is 20.9. The summed E-state index contributed by atoms with van der Waals surface area (Å²) in [7, 11) is 0. The number of halogens is 1. The number of benzene rings is 1. The van der Waals surface area contributed by atoms with Crippen LogP contribution in [-0.4, -0.2) is 35.4 Å². The number of fused-ring (bicyclic) bond motifs is 1. The molecule has 0 bridgehead atoms. The number of hydrogen-bond donors (Lipinski definition) is 2. The fourth-order valence-electron chi connectivity index (χ4n) is 4.19. The first-order chi connectivity index (χ1) is 18.3. The molecule has 0 radical (unpaired) electrons. The second-order valence-corrected chi connectivity index (χ2v) is 8.55. The van der Waals surface area contributed by atoms with Gasteiger partial charge in [-0.05, 0) is 56.7 Å². The fraction of sp³-hybridized carbons (Fsp3) is 0.111. The molecule has 0 atom stereocenters. The van der Waals surface area contributed by atoms with E-state index < -0.39 is 5.82 Å². The monoisotopic (exact) mass is 510 g/mol.